The minimum Gasteiger partial charge on any atom is -0.488 e. The van der Waals surface area contributed by atoms with Crippen molar-refractivity contribution in [3.63, 3.8) is 0 Å². The third kappa shape index (κ3) is 3.73. The van der Waals surface area contributed by atoms with E-state index in [1.165, 1.54) is 23.1 Å². The Morgan fingerprint density at radius 2 is 2.00 bits per heavy atom. The second-order valence-electron chi connectivity index (χ2n) is 7.92. The van der Waals surface area contributed by atoms with E-state index in [2.05, 4.69) is 73.0 Å². The number of nitrogens with one attached hydrogen (secondary N) is 2. The van der Waals surface area contributed by atoms with Gasteiger partial charge in [-0.2, -0.15) is 0 Å². The standard InChI is InChI=1S/C22H28N2O/c1-22(2)12-10-18-14-16(8-9-20(18)25-22)15-24-19-11-13-23-21(19)17-6-4-3-5-7-17/h3-9,14,19,21,23-24H,10-13,15H2,1-2H3. The highest BCUT2D eigenvalue weighted by Gasteiger charge is 2.28. The third-order valence-corrected chi connectivity index (χ3v) is 5.46. The summed E-state index contributed by atoms with van der Waals surface area (Å²) in [7, 11) is 0. The maximum atomic E-state index is 6.10. The molecule has 2 aromatic carbocycles. The van der Waals surface area contributed by atoms with Gasteiger partial charge in [-0.05, 0) is 62.4 Å². The van der Waals surface area contributed by atoms with Crippen molar-refractivity contribution >= 4 is 0 Å². The SMILES string of the molecule is CC1(C)CCc2cc(CNC3CCNC3c3ccccc3)ccc2O1. The van der Waals surface area contributed by atoms with E-state index in [1.807, 2.05) is 0 Å². The van der Waals surface area contributed by atoms with Crippen molar-refractivity contribution in [3.05, 3.63) is 65.2 Å². The highest BCUT2D eigenvalue weighted by atomic mass is 16.5. The van der Waals surface area contributed by atoms with Crippen LogP contribution >= 0.6 is 0 Å². The zero-order valence-corrected chi connectivity index (χ0v) is 15.2. The molecule has 0 saturated carbocycles. The fraction of sp³-hybridized carbons (Fsp3) is 0.455. The van der Waals surface area contributed by atoms with Crippen LogP contribution in [0.25, 0.3) is 0 Å². The van der Waals surface area contributed by atoms with Crippen molar-refractivity contribution in [2.75, 3.05) is 6.54 Å². The Morgan fingerprint density at radius 3 is 2.84 bits per heavy atom. The van der Waals surface area contributed by atoms with E-state index in [0.29, 0.717) is 12.1 Å². The molecule has 0 amide bonds. The van der Waals surface area contributed by atoms with Gasteiger partial charge in [0.1, 0.15) is 11.4 Å². The molecule has 2 N–H and O–H groups in total. The summed E-state index contributed by atoms with van der Waals surface area (Å²) in [4.78, 5) is 0. The molecule has 2 heterocycles. The maximum Gasteiger partial charge on any atom is 0.123 e. The summed E-state index contributed by atoms with van der Waals surface area (Å²) in [5.74, 6) is 1.06. The molecule has 2 aromatic rings. The molecule has 1 saturated heterocycles. The first kappa shape index (κ1) is 16.6. The van der Waals surface area contributed by atoms with Crippen LogP contribution in [0.1, 0.15) is 49.4 Å². The summed E-state index contributed by atoms with van der Waals surface area (Å²) in [6.07, 6.45) is 3.36. The first-order valence-corrected chi connectivity index (χ1v) is 9.43. The molecule has 0 radical (unpaired) electrons. The first-order chi connectivity index (χ1) is 12.1. The van der Waals surface area contributed by atoms with Gasteiger partial charge in [0, 0.05) is 18.6 Å². The lowest BCUT2D eigenvalue weighted by Gasteiger charge is -2.32. The van der Waals surface area contributed by atoms with Gasteiger partial charge < -0.3 is 15.4 Å². The van der Waals surface area contributed by atoms with Crippen LogP contribution in [0.2, 0.25) is 0 Å². The van der Waals surface area contributed by atoms with Crippen LogP contribution < -0.4 is 15.4 Å². The highest BCUT2D eigenvalue weighted by molar-refractivity contribution is 5.39. The summed E-state index contributed by atoms with van der Waals surface area (Å²) in [5.41, 5.74) is 4.03. The van der Waals surface area contributed by atoms with Gasteiger partial charge in [0.25, 0.3) is 0 Å². The Labute approximate surface area is 150 Å². The second-order valence-corrected chi connectivity index (χ2v) is 7.92. The van der Waals surface area contributed by atoms with Crippen LogP contribution in [0.4, 0.5) is 0 Å². The van der Waals surface area contributed by atoms with Gasteiger partial charge >= 0.3 is 0 Å². The lowest BCUT2D eigenvalue weighted by Crippen LogP contribution is -2.34. The van der Waals surface area contributed by atoms with Crippen molar-refractivity contribution in [1.29, 1.82) is 0 Å². The van der Waals surface area contributed by atoms with Gasteiger partial charge in [0.15, 0.2) is 0 Å². The van der Waals surface area contributed by atoms with E-state index in [4.69, 9.17) is 4.74 Å². The van der Waals surface area contributed by atoms with E-state index < -0.39 is 0 Å². The van der Waals surface area contributed by atoms with Crippen molar-refractivity contribution in [2.24, 2.45) is 0 Å². The maximum absolute atomic E-state index is 6.10. The second kappa shape index (κ2) is 6.81. The molecule has 0 aliphatic carbocycles. The molecule has 0 bridgehead atoms. The van der Waals surface area contributed by atoms with Gasteiger partial charge in [0.2, 0.25) is 0 Å². The summed E-state index contributed by atoms with van der Waals surface area (Å²) in [5, 5.41) is 7.40. The summed E-state index contributed by atoms with van der Waals surface area (Å²) in [6.45, 7) is 6.32. The van der Waals surface area contributed by atoms with Crippen molar-refractivity contribution in [1.82, 2.24) is 10.6 Å². The van der Waals surface area contributed by atoms with Gasteiger partial charge in [-0.25, -0.2) is 0 Å². The van der Waals surface area contributed by atoms with E-state index in [0.717, 1.165) is 31.7 Å². The fourth-order valence-corrected chi connectivity index (χ4v) is 4.00. The molecule has 3 nitrogen and oxygen atoms in total. The average molecular weight is 336 g/mol. The van der Waals surface area contributed by atoms with Crippen LogP contribution in [0.5, 0.6) is 5.75 Å². The van der Waals surface area contributed by atoms with Gasteiger partial charge in [-0.1, -0.05) is 42.5 Å². The lowest BCUT2D eigenvalue weighted by atomic mass is 9.93. The number of benzene rings is 2. The molecule has 4 rings (SSSR count). The number of fused-ring (bicyclic) bond motifs is 1. The molecule has 2 aliphatic rings. The quantitative estimate of drug-likeness (QED) is 0.886. The molecular formula is C22H28N2O. The molecular weight excluding hydrogens is 308 g/mol. The minimum atomic E-state index is -0.0365. The zero-order valence-electron chi connectivity index (χ0n) is 15.2. The van der Waals surface area contributed by atoms with Crippen molar-refractivity contribution in [3.8, 4) is 5.75 Å². The Kier molecular flexibility index (Phi) is 4.53. The normalized spacial score (nSPS) is 24.6. The Balaban J connectivity index is 1.42. The van der Waals surface area contributed by atoms with E-state index in [-0.39, 0.29) is 5.60 Å². The molecule has 0 spiro atoms. The molecule has 1 fully saturated rings. The fourth-order valence-electron chi connectivity index (χ4n) is 4.00. The first-order valence-electron chi connectivity index (χ1n) is 9.43. The monoisotopic (exact) mass is 336 g/mol. The average Bonchev–Trinajstić information content (AvgIpc) is 3.08. The zero-order chi connectivity index (χ0) is 17.3. The minimum absolute atomic E-state index is 0.0365. The van der Waals surface area contributed by atoms with Crippen LogP contribution in [0, 0.1) is 0 Å². The van der Waals surface area contributed by atoms with E-state index in [1.54, 1.807) is 0 Å². The van der Waals surface area contributed by atoms with Crippen molar-refractivity contribution in [2.45, 2.75) is 57.3 Å². The number of hydrogen-bond acceptors (Lipinski definition) is 3. The predicted molar refractivity (Wildman–Crippen MR) is 102 cm³/mol. The number of aryl methyl sites for hydroxylation is 1. The molecule has 25 heavy (non-hydrogen) atoms. The van der Waals surface area contributed by atoms with Gasteiger partial charge in [-0.3, -0.25) is 0 Å². The predicted octanol–water partition coefficient (Wildman–Crippen LogP) is 3.98. The smallest absolute Gasteiger partial charge is 0.123 e. The third-order valence-electron chi connectivity index (χ3n) is 5.46. The van der Waals surface area contributed by atoms with E-state index >= 15 is 0 Å². The molecule has 3 heteroatoms. The van der Waals surface area contributed by atoms with E-state index in [9.17, 15) is 0 Å². The number of hydrogen-bond donors (Lipinski definition) is 2. The van der Waals surface area contributed by atoms with Gasteiger partial charge in [0.05, 0.1) is 0 Å². The summed E-state index contributed by atoms with van der Waals surface area (Å²) >= 11 is 0. The summed E-state index contributed by atoms with van der Waals surface area (Å²) < 4.78 is 6.10. The largest absolute Gasteiger partial charge is 0.488 e. The molecule has 0 aromatic heterocycles. The molecule has 132 valence electrons. The van der Waals surface area contributed by atoms with Crippen molar-refractivity contribution < 1.29 is 4.74 Å². The van der Waals surface area contributed by atoms with Gasteiger partial charge in [-0.15, -0.1) is 0 Å². The number of rotatable bonds is 4. The topological polar surface area (TPSA) is 33.3 Å². The summed E-state index contributed by atoms with van der Waals surface area (Å²) in [6, 6.07) is 18.3. The Hall–Kier alpha value is -1.84. The van der Waals surface area contributed by atoms with Crippen LogP contribution in [0.3, 0.4) is 0 Å². The van der Waals surface area contributed by atoms with Crippen LogP contribution in [-0.2, 0) is 13.0 Å². The molecule has 2 unspecified atom stereocenters. The highest BCUT2D eigenvalue weighted by Crippen LogP contribution is 2.33. The Morgan fingerprint density at radius 1 is 1.16 bits per heavy atom. The molecule has 2 aliphatic heterocycles. The Bertz CT molecular complexity index is 726. The number of ether oxygens (including phenoxy) is 1. The van der Waals surface area contributed by atoms with Crippen LogP contribution in [0.15, 0.2) is 48.5 Å². The van der Waals surface area contributed by atoms with Crippen LogP contribution in [-0.4, -0.2) is 18.2 Å². The molecule has 2 atom stereocenters. The lowest BCUT2D eigenvalue weighted by molar-refractivity contribution is 0.0846.